The van der Waals surface area contributed by atoms with Crippen molar-refractivity contribution in [2.24, 2.45) is 4.99 Å². The maximum atomic E-state index is 4.65. The van der Waals surface area contributed by atoms with Gasteiger partial charge in [-0.2, -0.15) is 0 Å². The minimum Gasteiger partial charge on any atom is -0.354 e. The zero-order valence-electron chi connectivity index (χ0n) is 17.1. The van der Waals surface area contributed by atoms with Gasteiger partial charge in [-0.15, -0.1) is 35.3 Å². The number of hydrogen-bond donors (Lipinski definition) is 1. The Morgan fingerprint density at radius 2 is 2.04 bits per heavy atom. The number of pyridine rings is 1. The molecule has 154 valence electrons. The van der Waals surface area contributed by atoms with Crippen molar-refractivity contribution in [1.29, 1.82) is 0 Å². The number of guanidine groups is 1. The Morgan fingerprint density at radius 1 is 1.29 bits per heavy atom. The summed E-state index contributed by atoms with van der Waals surface area (Å²) in [6.07, 6.45) is 1.96. The van der Waals surface area contributed by atoms with E-state index >= 15 is 0 Å². The topological polar surface area (TPSA) is 59.9 Å². The summed E-state index contributed by atoms with van der Waals surface area (Å²) in [6, 6.07) is 4.26. The van der Waals surface area contributed by atoms with Crippen LogP contribution in [0.3, 0.4) is 0 Å². The average molecular weight is 515 g/mol. The summed E-state index contributed by atoms with van der Waals surface area (Å²) in [5.41, 5.74) is 2.22. The monoisotopic (exact) mass is 515 g/mol. The number of likely N-dealkylation sites (N-methyl/N-ethyl adjacent to an activating group) is 1. The van der Waals surface area contributed by atoms with Crippen LogP contribution in [0.4, 0.5) is 5.82 Å². The lowest BCUT2D eigenvalue weighted by molar-refractivity contribution is 0.312. The van der Waals surface area contributed by atoms with E-state index in [1.807, 2.05) is 20.2 Å². The standard InChI is InChI=1S/C19H29N7S.HI/c1-15-23-17(14-27-15)13-25(4)19(20-2)22-12-16-5-6-18(21-11-16)26-9-7-24(3)8-10-26;/h5-6,11,14H,7-10,12-13H2,1-4H3,(H,20,22);1H. The maximum Gasteiger partial charge on any atom is 0.194 e. The lowest BCUT2D eigenvalue weighted by Gasteiger charge is -2.33. The molecule has 0 amide bonds. The largest absolute Gasteiger partial charge is 0.354 e. The lowest BCUT2D eigenvalue weighted by Crippen LogP contribution is -2.44. The van der Waals surface area contributed by atoms with E-state index in [4.69, 9.17) is 0 Å². The highest BCUT2D eigenvalue weighted by atomic mass is 127. The van der Waals surface area contributed by atoms with E-state index in [-0.39, 0.29) is 24.0 Å². The molecular weight excluding hydrogens is 485 g/mol. The van der Waals surface area contributed by atoms with E-state index < -0.39 is 0 Å². The molecule has 9 heteroatoms. The Kier molecular flexibility index (Phi) is 8.90. The number of nitrogens with one attached hydrogen (secondary N) is 1. The van der Waals surface area contributed by atoms with Crippen molar-refractivity contribution in [3.63, 3.8) is 0 Å². The number of aliphatic imine (C=N–C) groups is 1. The molecule has 0 bridgehead atoms. The molecule has 0 aliphatic carbocycles. The number of hydrogen-bond acceptors (Lipinski definition) is 6. The first-order valence-corrected chi connectivity index (χ1v) is 10.1. The molecule has 28 heavy (non-hydrogen) atoms. The molecule has 0 unspecified atom stereocenters. The summed E-state index contributed by atoms with van der Waals surface area (Å²) in [4.78, 5) is 20.3. The van der Waals surface area contributed by atoms with Gasteiger partial charge >= 0.3 is 0 Å². The van der Waals surface area contributed by atoms with Gasteiger partial charge in [0.1, 0.15) is 5.82 Å². The van der Waals surface area contributed by atoms with Crippen molar-refractivity contribution in [2.45, 2.75) is 20.0 Å². The fourth-order valence-electron chi connectivity index (χ4n) is 3.11. The molecule has 0 saturated carbocycles. The molecule has 3 rings (SSSR count). The zero-order chi connectivity index (χ0) is 19.2. The highest BCUT2D eigenvalue weighted by Crippen LogP contribution is 2.14. The Balaban J connectivity index is 0.00000280. The molecule has 1 saturated heterocycles. The molecule has 3 heterocycles. The second-order valence-corrected chi connectivity index (χ2v) is 7.99. The lowest BCUT2D eigenvalue weighted by atomic mass is 10.2. The number of anilines is 1. The molecule has 0 aromatic carbocycles. The first-order valence-electron chi connectivity index (χ1n) is 9.26. The molecule has 2 aromatic rings. The van der Waals surface area contributed by atoms with Gasteiger partial charge in [-0.25, -0.2) is 9.97 Å². The van der Waals surface area contributed by atoms with Gasteiger partial charge in [0, 0.05) is 58.4 Å². The van der Waals surface area contributed by atoms with Crippen molar-refractivity contribution in [2.75, 3.05) is 52.2 Å². The van der Waals surface area contributed by atoms with E-state index in [1.165, 1.54) is 0 Å². The van der Waals surface area contributed by atoms with Gasteiger partial charge in [0.2, 0.25) is 0 Å². The van der Waals surface area contributed by atoms with Crippen LogP contribution in [-0.4, -0.2) is 73.0 Å². The van der Waals surface area contributed by atoms with Crippen LogP contribution in [0.25, 0.3) is 0 Å². The second-order valence-electron chi connectivity index (χ2n) is 6.93. The van der Waals surface area contributed by atoms with Gasteiger partial charge in [-0.3, -0.25) is 4.99 Å². The zero-order valence-corrected chi connectivity index (χ0v) is 20.2. The number of piperazine rings is 1. The quantitative estimate of drug-likeness (QED) is 0.375. The van der Waals surface area contributed by atoms with Crippen LogP contribution < -0.4 is 10.2 Å². The van der Waals surface area contributed by atoms with Gasteiger partial charge in [0.05, 0.1) is 17.2 Å². The summed E-state index contributed by atoms with van der Waals surface area (Å²) in [5.74, 6) is 1.91. The van der Waals surface area contributed by atoms with Crippen LogP contribution in [0, 0.1) is 6.92 Å². The van der Waals surface area contributed by atoms with Crippen molar-refractivity contribution in [3.8, 4) is 0 Å². The van der Waals surface area contributed by atoms with Crippen molar-refractivity contribution in [3.05, 3.63) is 40.0 Å². The van der Waals surface area contributed by atoms with Crippen LogP contribution in [0.15, 0.2) is 28.7 Å². The molecule has 7 nitrogen and oxygen atoms in total. The van der Waals surface area contributed by atoms with E-state index in [0.717, 1.165) is 60.8 Å². The molecular formula is C19H30IN7S. The van der Waals surface area contributed by atoms with Crippen molar-refractivity contribution in [1.82, 2.24) is 25.1 Å². The minimum absolute atomic E-state index is 0. The highest BCUT2D eigenvalue weighted by Gasteiger charge is 2.15. The van der Waals surface area contributed by atoms with Gasteiger partial charge in [0.25, 0.3) is 0 Å². The third-order valence-corrected chi connectivity index (χ3v) is 5.55. The first kappa shape index (κ1) is 22.8. The predicted molar refractivity (Wildman–Crippen MR) is 128 cm³/mol. The molecule has 1 aliphatic heterocycles. The summed E-state index contributed by atoms with van der Waals surface area (Å²) in [5, 5.41) is 6.60. The van der Waals surface area contributed by atoms with Crippen LogP contribution in [0.1, 0.15) is 16.3 Å². The van der Waals surface area contributed by atoms with Gasteiger partial charge in [-0.1, -0.05) is 6.07 Å². The summed E-state index contributed by atoms with van der Waals surface area (Å²) in [6.45, 7) is 7.72. The fourth-order valence-corrected chi connectivity index (χ4v) is 3.71. The van der Waals surface area contributed by atoms with E-state index in [2.05, 4.69) is 59.5 Å². The Morgan fingerprint density at radius 3 is 2.61 bits per heavy atom. The number of halogens is 1. The number of aryl methyl sites for hydroxylation is 1. The Labute approximate surface area is 188 Å². The third kappa shape index (κ3) is 6.28. The predicted octanol–water partition coefficient (Wildman–Crippen LogP) is 2.42. The molecule has 0 spiro atoms. The Hall–Kier alpha value is -1.46. The summed E-state index contributed by atoms with van der Waals surface area (Å²) in [7, 11) is 6.00. The number of nitrogens with zero attached hydrogens (tertiary/aromatic N) is 6. The Bertz CT molecular complexity index is 754. The van der Waals surface area contributed by atoms with Crippen molar-refractivity contribution >= 4 is 47.1 Å². The molecule has 1 aliphatic rings. The molecule has 0 radical (unpaired) electrons. The summed E-state index contributed by atoms with van der Waals surface area (Å²) >= 11 is 1.68. The average Bonchev–Trinajstić information content (AvgIpc) is 3.08. The third-order valence-electron chi connectivity index (χ3n) is 4.73. The van der Waals surface area contributed by atoms with Crippen LogP contribution in [-0.2, 0) is 13.1 Å². The summed E-state index contributed by atoms with van der Waals surface area (Å²) < 4.78 is 0. The van der Waals surface area contributed by atoms with E-state index in [9.17, 15) is 0 Å². The number of aromatic nitrogens is 2. The normalized spacial score (nSPS) is 15.3. The fraction of sp³-hybridized carbons (Fsp3) is 0.526. The number of thiazole rings is 1. The van der Waals surface area contributed by atoms with Gasteiger partial charge in [0.15, 0.2) is 5.96 Å². The second kappa shape index (κ2) is 10.9. The van der Waals surface area contributed by atoms with Crippen molar-refractivity contribution < 1.29 is 0 Å². The van der Waals surface area contributed by atoms with E-state index in [1.54, 1.807) is 18.4 Å². The van der Waals surface area contributed by atoms with Crippen LogP contribution in [0.2, 0.25) is 0 Å². The smallest absolute Gasteiger partial charge is 0.194 e. The molecule has 1 fully saturated rings. The number of rotatable bonds is 5. The van der Waals surface area contributed by atoms with Crippen LogP contribution in [0.5, 0.6) is 0 Å². The van der Waals surface area contributed by atoms with E-state index in [0.29, 0.717) is 6.54 Å². The highest BCUT2D eigenvalue weighted by molar-refractivity contribution is 14.0. The SMILES string of the molecule is CN=C(NCc1ccc(N2CCN(C)CC2)nc1)N(C)Cc1csc(C)n1.I. The molecule has 0 atom stereocenters. The van der Waals surface area contributed by atoms with Crippen LogP contribution >= 0.6 is 35.3 Å². The first-order chi connectivity index (χ1) is 13.0. The molecule has 1 N–H and O–H groups in total. The van der Waals surface area contributed by atoms with Gasteiger partial charge in [-0.05, 0) is 25.6 Å². The maximum absolute atomic E-state index is 4.65. The van der Waals surface area contributed by atoms with Gasteiger partial charge < -0.3 is 20.0 Å². The minimum atomic E-state index is 0. The molecule has 2 aromatic heterocycles.